The number of hydrogen-bond acceptors (Lipinski definition) is 9. The molecule has 1 aromatic carbocycles. The number of nitrogens with zero attached hydrogens (tertiary/aromatic N) is 5. The number of nitrogen functional groups attached to an aromatic ring is 1. The van der Waals surface area contributed by atoms with Gasteiger partial charge in [0.05, 0.1) is 18.0 Å². The molecule has 14 heteroatoms. The molecule has 2 saturated heterocycles. The third-order valence-electron chi connectivity index (χ3n) is 7.58. The molecule has 5 rings (SSSR count). The van der Waals surface area contributed by atoms with Crippen LogP contribution < -0.4 is 20.7 Å². The fraction of sp³-hybridized carbons (Fsp3) is 0.462. The Morgan fingerprint density at radius 3 is 2.60 bits per heavy atom. The van der Waals surface area contributed by atoms with Crippen LogP contribution >= 0.6 is 0 Å². The van der Waals surface area contributed by atoms with Crippen molar-refractivity contribution in [1.29, 1.82) is 0 Å². The second-order valence-corrected chi connectivity index (χ2v) is 10.4. The molecular weight excluding hydrogens is 531 g/mol. The molecule has 1 unspecified atom stereocenters. The number of aryl methyl sites for hydroxylation is 1. The van der Waals surface area contributed by atoms with Gasteiger partial charge in [-0.25, -0.2) is 4.68 Å². The van der Waals surface area contributed by atoms with E-state index < -0.39 is 24.3 Å². The second-order valence-electron chi connectivity index (χ2n) is 10.4. The highest BCUT2D eigenvalue weighted by Gasteiger charge is 2.46. The summed E-state index contributed by atoms with van der Waals surface area (Å²) in [4.78, 5) is 21.4. The molecule has 11 nitrogen and oxygen atoms in total. The highest BCUT2D eigenvalue weighted by molar-refractivity contribution is 5.74. The summed E-state index contributed by atoms with van der Waals surface area (Å²) in [7, 11) is 0. The van der Waals surface area contributed by atoms with E-state index in [9.17, 15) is 28.2 Å². The van der Waals surface area contributed by atoms with E-state index in [0.29, 0.717) is 56.0 Å². The zero-order chi connectivity index (χ0) is 28.7. The van der Waals surface area contributed by atoms with Gasteiger partial charge in [-0.3, -0.25) is 4.79 Å². The molecule has 2 aromatic heterocycles. The van der Waals surface area contributed by atoms with Gasteiger partial charge in [0.2, 0.25) is 17.9 Å². The minimum Gasteiger partial charge on any atom is -0.480 e. The number of carboxylic acids is 1. The average molecular weight is 562 g/mol. The third-order valence-corrected chi connectivity index (χ3v) is 7.58. The van der Waals surface area contributed by atoms with Gasteiger partial charge in [-0.15, -0.1) is 0 Å². The van der Waals surface area contributed by atoms with Crippen molar-refractivity contribution in [3.8, 4) is 11.6 Å². The molecule has 3 aromatic rings. The van der Waals surface area contributed by atoms with Gasteiger partial charge in [0.15, 0.2) is 0 Å². The van der Waals surface area contributed by atoms with Crippen LogP contribution in [0.25, 0.3) is 5.69 Å². The first-order chi connectivity index (χ1) is 19.0. The fourth-order valence-corrected chi connectivity index (χ4v) is 5.42. The maximum absolute atomic E-state index is 14.5. The number of carboxylic acid groups (broad SMARTS) is 1. The summed E-state index contributed by atoms with van der Waals surface area (Å²) < 4.78 is 50.2. The monoisotopic (exact) mass is 561 g/mol. The van der Waals surface area contributed by atoms with E-state index in [1.807, 2.05) is 4.90 Å². The van der Waals surface area contributed by atoms with Crippen LogP contribution in [0.5, 0.6) is 5.88 Å². The van der Waals surface area contributed by atoms with Crippen molar-refractivity contribution in [3.63, 3.8) is 0 Å². The molecule has 214 valence electrons. The average Bonchev–Trinajstić information content (AvgIpc) is 3.53. The maximum atomic E-state index is 14.5. The Hall–Kier alpha value is -3.91. The maximum Gasteiger partial charge on any atom is 0.429 e. The summed E-state index contributed by atoms with van der Waals surface area (Å²) in [6.07, 6.45) is -3.80. The van der Waals surface area contributed by atoms with E-state index in [2.05, 4.69) is 20.4 Å². The first kappa shape index (κ1) is 27.6. The Labute approximate surface area is 227 Å². The van der Waals surface area contributed by atoms with Crippen molar-refractivity contribution >= 4 is 17.7 Å². The van der Waals surface area contributed by atoms with Crippen LogP contribution in [0.15, 0.2) is 36.5 Å². The van der Waals surface area contributed by atoms with E-state index in [1.54, 1.807) is 13.0 Å². The first-order valence-electron chi connectivity index (χ1n) is 12.8. The SMILES string of the molecule is Cc1ccn(-c2cc(CO)ccc2C(Oc2cc(N3CCC4(CC3)CN[C@H](C(=O)O)C4)nc(N)n2)C(F)(F)F)n1. The Kier molecular flexibility index (Phi) is 7.31. The van der Waals surface area contributed by atoms with Crippen molar-refractivity contribution in [2.75, 3.05) is 30.3 Å². The number of piperidine rings is 1. The number of ether oxygens (including phenoxy) is 1. The van der Waals surface area contributed by atoms with Crippen molar-refractivity contribution in [2.45, 2.75) is 51.1 Å². The van der Waals surface area contributed by atoms with Gasteiger partial charge in [0, 0.05) is 37.5 Å². The van der Waals surface area contributed by atoms with Gasteiger partial charge >= 0.3 is 12.1 Å². The molecule has 2 aliphatic rings. The number of aromatic nitrogens is 4. The lowest BCUT2D eigenvalue weighted by Crippen LogP contribution is -2.41. The quantitative estimate of drug-likeness (QED) is 0.339. The largest absolute Gasteiger partial charge is 0.480 e. The van der Waals surface area contributed by atoms with Crippen molar-refractivity contribution < 1.29 is 32.9 Å². The lowest BCUT2D eigenvalue weighted by atomic mass is 9.76. The molecule has 1 spiro atoms. The van der Waals surface area contributed by atoms with Gasteiger partial charge in [-0.2, -0.15) is 28.2 Å². The Morgan fingerprint density at radius 1 is 1.25 bits per heavy atom. The van der Waals surface area contributed by atoms with Gasteiger partial charge in [0.25, 0.3) is 0 Å². The lowest BCUT2D eigenvalue weighted by molar-refractivity contribution is -0.198. The zero-order valence-electron chi connectivity index (χ0n) is 21.7. The van der Waals surface area contributed by atoms with E-state index >= 15 is 0 Å². The topological polar surface area (TPSA) is 152 Å². The predicted molar refractivity (Wildman–Crippen MR) is 138 cm³/mol. The van der Waals surface area contributed by atoms with Gasteiger partial charge in [-0.1, -0.05) is 12.1 Å². The van der Waals surface area contributed by atoms with Crippen LogP contribution in [-0.4, -0.2) is 67.8 Å². The summed E-state index contributed by atoms with van der Waals surface area (Å²) in [5.74, 6) is -1.12. The molecule has 4 heterocycles. The number of alkyl halides is 3. The smallest absolute Gasteiger partial charge is 0.429 e. The second kappa shape index (κ2) is 10.6. The molecule has 5 N–H and O–H groups in total. The highest BCUT2D eigenvalue weighted by atomic mass is 19.4. The van der Waals surface area contributed by atoms with Crippen molar-refractivity contribution in [1.82, 2.24) is 25.1 Å². The summed E-state index contributed by atoms with van der Waals surface area (Å²) in [5.41, 5.74) is 6.65. The fourth-order valence-electron chi connectivity index (χ4n) is 5.42. The first-order valence-corrected chi connectivity index (χ1v) is 12.8. The number of aliphatic carboxylic acids is 1. The van der Waals surface area contributed by atoms with Gasteiger partial charge in [-0.05, 0) is 49.3 Å². The Morgan fingerprint density at radius 2 is 2.00 bits per heavy atom. The van der Waals surface area contributed by atoms with Crippen LogP contribution in [0.4, 0.5) is 24.9 Å². The molecule has 2 atom stereocenters. The number of nitrogens with one attached hydrogen (secondary N) is 1. The Balaban J connectivity index is 1.41. The van der Waals surface area contributed by atoms with Crippen LogP contribution in [0.3, 0.4) is 0 Å². The minimum atomic E-state index is -4.83. The number of benzene rings is 1. The van der Waals surface area contributed by atoms with Crippen LogP contribution in [0, 0.1) is 12.3 Å². The number of aliphatic hydroxyl groups excluding tert-OH is 1. The van der Waals surface area contributed by atoms with E-state index in [1.165, 1.54) is 35.1 Å². The summed E-state index contributed by atoms with van der Waals surface area (Å²) in [6.45, 7) is 3.00. The number of halogens is 3. The van der Waals surface area contributed by atoms with Crippen LogP contribution in [0.2, 0.25) is 0 Å². The number of hydrogen-bond donors (Lipinski definition) is 4. The normalized spacial score (nSPS) is 19.6. The molecule has 0 saturated carbocycles. The van der Waals surface area contributed by atoms with Crippen LogP contribution in [0.1, 0.15) is 42.2 Å². The van der Waals surface area contributed by atoms with Gasteiger partial charge in [0.1, 0.15) is 11.9 Å². The molecule has 40 heavy (non-hydrogen) atoms. The molecule has 0 bridgehead atoms. The summed E-state index contributed by atoms with van der Waals surface area (Å²) in [6, 6.07) is 6.49. The number of aliphatic hydroxyl groups is 1. The van der Waals surface area contributed by atoms with E-state index in [0.717, 1.165) is 0 Å². The molecule has 2 fully saturated rings. The molecule has 2 aliphatic heterocycles. The van der Waals surface area contributed by atoms with Crippen molar-refractivity contribution in [2.24, 2.45) is 5.41 Å². The van der Waals surface area contributed by atoms with Crippen molar-refractivity contribution in [3.05, 3.63) is 53.3 Å². The summed E-state index contributed by atoms with van der Waals surface area (Å²) >= 11 is 0. The Bertz CT molecular complexity index is 1390. The number of rotatable bonds is 7. The zero-order valence-corrected chi connectivity index (χ0v) is 21.7. The lowest BCUT2D eigenvalue weighted by Gasteiger charge is -2.39. The van der Waals surface area contributed by atoms with E-state index in [-0.39, 0.29) is 35.1 Å². The number of carbonyl (C=O) groups is 1. The summed E-state index contributed by atoms with van der Waals surface area (Å²) in [5, 5.41) is 26.2. The molecule has 0 aliphatic carbocycles. The highest BCUT2D eigenvalue weighted by Crippen LogP contribution is 2.42. The molecular formula is C26H30F3N7O4. The number of nitrogens with two attached hydrogens (primary N) is 1. The van der Waals surface area contributed by atoms with Gasteiger partial charge < -0.3 is 30.9 Å². The predicted octanol–water partition coefficient (Wildman–Crippen LogP) is 2.76. The number of anilines is 2. The third kappa shape index (κ3) is 5.68. The van der Waals surface area contributed by atoms with E-state index in [4.69, 9.17) is 10.5 Å². The molecule has 0 radical (unpaired) electrons. The van der Waals surface area contributed by atoms with Crippen LogP contribution in [-0.2, 0) is 11.4 Å². The molecule has 0 amide bonds. The minimum absolute atomic E-state index is 0.107. The standard InChI is InChI=1S/C26H30F3N7O4/c1-15-4-7-36(34-15)19-10-16(13-37)2-3-17(19)22(26(27,28)29)40-21-11-20(32-24(30)33-21)35-8-5-25(6-9-35)12-18(23(38)39)31-14-25/h2-4,7,10-11,18,22,31,37H,5-6,8-9,12-14H2,1H3,(H,38,39)(H2,30,32,33)/t18-,22?/m0/s1.